The van der Waals surface area contributed by atoms with Gasteiger partial charge >= 0.3 is 0 Å². The van der Waals surface area contributed by atoms with Gasteiger partial charge in [0.2, 0.25) is 0 Å². The molecule has 0 saturated carbocycles. The molecule has 4 heteroatoms. The average Bonchev–Trinajstić information content (AvgIpc) is 2.01. The number of hydrogen-bond acceptors (Lipinski definition) is 4. The van der Waals surface area contributed by atoms with Crippen LogP contribution in [-0.4, -0.2) is 39.5 Å². The Balaban J connectivity index is 2.00. The molecule has 1 rings (SSSR count). The molecule has 0 aliphatic carbocycles. The summed E-state index contributed by atoms with van der Waals surface area (Å²) in [5.41, 5.74) is 0. The molecule has 60 valence electrons. The number of nitrogens with one attached hydrogen (secondary N) is 4. The first-order chi connectivity index (χ1) is 5.00. The Hall–Kier alpha value is -0.160. The Kier molecular flexibility index (Phi) is 4.46. The van der Waals surface area contributed by atoms with E-state index in [0.29, 0.717) is 0 Å². The van der Waals surface area contributed by atoms with Gasteiger partial charge in [-0.3, -0.25) is 0 Å². The van der Waals surface area contributed by atoms with Crippen molar-refractivity contribution in [1.29, 1.82) is 0 Å². The standard InChI is InChI=1S/C6H16N4/c1-2-8-6-10-4-3-9-5-7-1/h7-10H,1-6H2. The van der Waals surface area contributed by atoms with Gasteiger partial charge < -0.3 is 21.3 Å². The van der Waals surface area contributed by atoms with Crippen LogP contribution in [0.15, 0.2) is 0 Å². The van der Waals surface area contributed by atoms with Gasteiger partial charge in [-0.2, -0.15) is 0 Å². The summed E-state index contributed by atoms with van der Waals surface area (Å²) in [6, 6.07) is 0. The Morgan fingerprint density at radius 2 is 0.800 bits per heavy atom. The van der Waals surface area contributed by atoms with Gasteiger partial charge in [-0.25, -0.2) is 0 Å². The molecular formula is C6H16N4. The number of rotatable bonds is 0. The highest BCUT2D eigenvalue weighted by Crippen LogP contribution is 1.62. The highest BCUT2D eigenvalue weighted by molar-refractivity contribution is 4.55. The molecule has 0 radical (unpaired) electrons. The van der Waals surface area contributed by atoms with Crippen molar-refractivity contribution >= 4 is 0 Å². The maximum atomic E-state index is 3.25. The second-order valence-corrected chi connectivity index (χ2v) is 2.35. The lowest BCUT2D eigenvalue weighted by Crippen LogP contribution is -2.43. The zero-order valence-electron chi connectivity index (χ0n) is 6.24. The number of hydrogen-bond donors (Lipinski definition) is 4. The first-order valence-corrected chi connectivity index (χ1v) is 3.83. The summed E-state index contributed by atoms with van der Waals surface area (Å²) in [4.78, 5) is 0. The van der Waals surface area contributed by atoms with Crippen LogP contribution in [0.2, 0.25) is 0 Å². The molecule has 0 aromatic rings. The van der Waals surface area contributed by atoms with Crippen molar-refractivity contribution in [2.24, 2.45) is 0 Å². The topological polar surface area (TPSA) is 48.1 Å². The first-order valence-electron chi connectivity index (χ1n) is 3.83. The van der Waals surface area contributed by atoms with Crippen LogP contribution < -0.4 is 21.3 Å². The second-order valence-electron chi connectivity index (χ2n) is 2.35. The summed E-state index contributed by atoms with van der Waals surface area (Å²) < 4.78 is 0. The molecule has 1 heterocycles. The maximum Gasteiger partial charge on any atom is 0.0455 e. The van der Waals surface area contributed by atoms with Crippen molar-refractivity contribution in [3.63, 3.8) is 0 Å². The summed E-state index contributed by atoms with van der Waals surface area (Å²) in [5, 5.41) is 13.0. The molecule has 4 nitrogen and oxygen atoms in total. The van der Waals surface area contributed by atoms with E-state index in [9.17, 15) is 0 Å². The fourth-order valence-corrected chi connectivity index (χ4v) is 0.884. The van der Waals surface area contributed by atoms with E-state index in [1.54, 1.807) is 0 Å². The van der Waals surface area contributed by atoms with Crippen LogP contribution in [0, 0.1) is 0 Å². The Morgan fingerprint density at radius 3 is 1.10 bits per heavy atom. The van der Waals surface area contributed by atoms with Crippen LogP contribution in [0.4, 0.5) is 0 Å². The Morgan fingerprint density at radius 1 is 0.500 bits per heavy atom. The molecule has 0 bridgehead atoms. The first kappa shape index (κ1) is 7.94. The van der Waals surface area contributed by atoms with Crippen molar-refractivity contribution < 1.29 is 0 Å². The van der Waals surface area contributed by atoms with Gasteiger partial charge in [-0.05, 0) is 0 Å². The summed E-state index contributed by atoms with van der Waals surface area (Å²) in [7, 11) is 0. The van der Waals surface area contributed by atoms with Gasteiger partial charge in [0, 0.05) is 39.5 Å². The molecule has 1 fully saturated rings. The Labute approximate surface area is 61.8 Å². The highest BCUT2D eigenvalue weighted by atomic mass is 15.1. The molecular weight excluding hydrogens is 128 g/mol. The summed E-state index contributed by atoms with van der Waals surface area (Å²) in [5.74, 6) is 0. The normalized spacial score (nSPS) is 24.0. The molecule has 1 saturated heterocycles. The van der Waals surface area contributed by atoms with Crippen LogP contribution in [0.1, 0.15) is 0 Å². The van der Waals surface area contributed by atoms with Crippen LogP contribution in [-0.2, 0) is 0 Å². The zero-order valence-corrected chi connectivity index (χ0v) is 6.24. The van der Waals surface area contributed by atoms with E-state index in [1.165, 1.54) is 0 Å². The van der Waals surface area contributed by atoms with Gasteiger partial charge in [0.15, 0.2) is 0 Å². The monoisotopic (exact) mass is 144 g/mol. The average molecular weight is 144 g/mol. The van der Waals surface area contributed by atoms with Crippen molar-refractivity contribution in [2.75, 3.05) is 39.5 Å². The molecule has 0 aromatic heterocycles. The Bertz CT molecular complexity index is 42.9. The predicted octanol–water partition coefficient (Wildman–Crippen LogP) is -1.73. The molecule has 4 N–H and O–H groups in total. The van der Waals surface area contributed by atoms with Crippen molar-refractivity contribution in [3.8, 4) is 0 Å². The van der Waals surface area contributed by atoms with Crippen molar-refractivity contribution in [3.05, 3.63) is 0 Å². The SMILES string of the molecule is C1CNCNCCNCN1. The van der Waals surface area contributed by atoms with Gasteiger partial charge in [-0.1, -0.05) is 0 Å². The fourth-order valence-electron chi connectivity index (χ4n) is 0.884. The third-order valence-corrected chi connectivity index (χ3v) is 1.46. The van der Waals surface area contributed by atoms with E-state index in [4.69, 9.17) is 0 Å². The third kappa shape index (κ3) is 3.79. The summed E-state index contributed by atoms with van der Waals surface area (Å²) >= 11 is 0. The lowest BCUT2D eigenvalue weighted by atomic mass is 10.5. The molecule has 0 unspecified atom stereocenters. The molecule has 1 aliphatic heterocycles. The fraction of sp³-hybridized carbons (Fsp3) is 1.00. The highest BCUT2D eigenvalue weighted by Gasteiger charge is 1.91. The van der Waals surface area contributed by atoms with Crippen molar-refractivity contribution in [2.45, 2.75) is 0 Å². The van der Waals surface area contributed by atoms with E-state index in [2.05, 4.69) is 21.3 Å². The van der Waals surface area contributed by atoms with E-state index < -0.39 is 0 Å². The van der Waals surface area contributed by atoms with Crippen LogP contribution in [0.5, 0.6) is 0 Å². The summed E-state index contributed by atoms with van der Waals surface area (Å²) in [6.07, 6.45) is 0. The smallest absolute Gasteiger partial charge is 0.0455 e. The van der Waals surface area contributed by atoms with E-state index in [0.717, 1.165) is 39.5 Å². The third-order valence-electron chi connectivity index (χ3n) is 1.46. The molecule has 0 atom stereocenters. The molecule has 0 aromatic carbocycles. The van der Waals surface area contributed by atoms with Gasteiger partial charge in [-0.15, -0.1) is 0 Å². The summed E-state index contributed by atoms with van der Waals surface area (Å²) in [6.45, 7) is 5.99. The van der Waals surface area contributed by atoms with Gasteiger partial charge in [0.05, 0.1) is 0 Å². The second kappa shape index (κ2) is 5.61. The van der Waals surface area contributed by atoms with Gasteiger partial charge in [0.1, 0.15) is 0 Å². The van der Waals surface area contributed by atoms with Crippen LogP contribution >= 0.6 is 0 Å². The quantitative estimate of drug-likeness (QED) is 0.326. The minimum absolute atomic E-state index is 0.920. The largest absolute Gasteiger partial charge is 0.303 e. The zero-order chi connectivity index (χ0) is 7.07. The minimum Gasteiger partial charge on any atom is -0.303 e. The van der Waals surface area contributed by atoms with E-state index in [1.807, 2.05) is 0 Å². The molecule has 0 amide bonds. The molecule has 10 heavy (non-hydrogen) atoms. The minimum atomic E-state index is 0.920. The van der Waals surface area contributed by atoms with E-state index in [-0.39, 0.29) is 0 Å². The van der Waals surface area contributed by atoms with Crippen LogP contribution in [0.3, 0.4) is 0 Å². The van der Waals surface area contributed by atoms with Crippen LogP contribution in [0.25, 0.3) is 0 Å². The lowest BCUT2D eigenvalue weighted by molar-refractivity contribution is 0.495. The lowest BCUT2D eigenvalue weighted by Gasteiger charge is -2.12. The molecule has 1 aliphatic rings. The predicted molar refractivity (Wildman–Crippen MR) is 41.7 cm³/mol. The molecule has 0 spiro atoms. The van der Waals surface area contributed by atoms with Gasteiger partial charge in [0.25, 0.3) is 0 Å². The van der Waals surface area contributed by atoms with E-state index >= 15 is 0 Å². The van der Waals surface area contributed by atoms with Crippen molar-refractivity contribution in [1.82, 2.24) is 21.3 Å². The maximum absolute atomic E-state index is 3.25.